The number of hydrogen-bond donors (Lipinski definition) is 2. The minimum Gasteiger partial charge on any atom is -0.370 e. The van der Waals surface area contributed by atoms with E-state index in [9.17, 15) is 13.2 Å². The Kier molecular flexibility index (Phi) is 3.36. The van der Waals surface area contributed by atoms with E-state index in [-0.39, 0.29) is 17.7 Å². The largest absolute Gasteiger partial charge is 0.416 e. The molecule has 1 fully saturated rings. The Morgan fingerprint density at radius 3 is 2.44 bits per heavy atom. The molecular formula is C12H16F3N3. The van der Waals surface area contributed by atoms with Crippen LogP contribution >= 0.6 is 0 Å². The van der Waals surface area contributed by atoms with Gasteiger partial charge in [-0.3, -0.25) is 0 Å². The van der Waals surface area contributed by atoms with Crippen molar-refractivity contribution in [2.75, 3.05) is 17.2 Å². The van der Waals surface area contributed by atoms with Crippen LogP contribution in [-0.4, -0.2) is 17.6 Å². The molecule has 2 atom stereocenters. The van der Waals surface area contributed by atoms with Crippen LogP contribution in [-0.2, 0) is 6.18 Å². The molecule has 0 amide bonds. The number of rotatable bonds is 4. The minimum atomic E-state index is -4.35. The van der Waals surface area contributed by atoms with Gasteiger partial charge < -0.3 is 10.6 Å². The third-order valence-electron chi connectivity index (χ3n) is 2.95. The second-order valence-electron chi connectivity index (χ2n) is 4.62. The lowest BCUT2D eigenvalue weighted by atomic mass is 10.2. The highest BCUT2D eigenvalue weighted by molar-refractivity contribution is 5.50. The van der Waals surface area contributed by atoms with E-state index < -0.39 is 11.7 Å². The van der Waals surface area contributed by atoms with Crippen LogP contribution in [0, 0.1) is 5.92 Å². The number of pyridine rings is 1. The minimum absolute atomic E-state index is 0.246. The van der Waals surface area contributed by atoms with E-state index >= 15 is 0 Å². The molecule has 3 nitrogen and oxygen atoms in total. The molecule has 0 saturated heterocycles. The van der Waals surface area contributed by atoms with Gasteiger partial charge in [-0.2, -0.15) is 13.2 Å². The monoisotopic (exact) mass is 259 g/mol. The van der Waals surface area contributed by atoms with Crippen LogP contribution in [0.25, 0.3) is 0 Å². The van der Waals surface area contributed by atoms with E-state index in [0.29, 0.717) is 12.5 Å². The molecule has 0 bridgehead atoms. The molecule has 0 spiro atoms. The maximum absolute atomic E-state index is 12.7. The van der Waals surface area contributed by atoms with Gasteiger partial charge in [-0.05, 0) is 31.4 Å². The molecule has 2 N–H and O–H groups in total. The summed E-state index contributed by atoms with van der Waals surface area (Å²) in [5.74, 6) is 1.04. The lowest BCUT2D eigenvalue weighted by Gasteiger charge is -2.13. The normalized spacial score (nSPS) is 22.7. The van der Waals surface area contributed by atoms with Gasteiger partial charge in [0.1, 0.15) is 11.6 Å². The lowest BCUT2D eigenvalue weighted by Crippen LogP contribution is -2.12. The summed E-state index contributed by atoms with van der Waals surface area (Å²) in [6.07, 6.45) is -3.37. The van der Waals surface area contributed by atoms with Crippen LogP contribution in [0.3, 0.4) is 0 Å². The van der Waals surface area contributed by atoms with Crippen LogP contribution in [0.15, 0.2) is 12.1 Å². The Bertz CT molecular complexity index is 431. The molecule has 2 unspecified atom stereocenters. The Morgan fingerprint density at radius 2 is 1.94 bits per heavy atom. The second-order valence-corrected chi connectivity index (χ2v) is 4.62. The Morgan fingerprint density at radius 1 is 1.33 bits per heavy atom. The SMILES string of the molecule is CCNc1cc(C(F)(F)F)cc(NC2CC2C)n1. The molecule has 1 aromatic rings. The first-order valence-corrected chi connectivity index (χ1v) is 6.00. The average molecular weight is 259 g/mol. The van der Waals surface area contributed by atoms with Crippen LogP contribution in [0.5, 0.6) is 0 Å². The molecular weight excluding hydrogens is 243 g/mol. The standard InChI is InChI=1S/C12H16F3N3/c1-3-16-10-5-8(12(13,14)15)6-11(18-10)17-9-4-7(9)2/h5-7,9H,3-4H2,1-2H3,(H2,16,17,18). The van der Waals surface area contributed by atoms with Crippen molar-refractivity contribution in [3.63, 3.8) is 0 Å². The first-order valence-electron chi connectivity index (χ1n) is 6.00. The highest BCUT2D eigenvalue weighted by atomic mass is 19.4. The van der Waals surface area contributed by atoms with Gasteiger partial charge in [0.2, 0.25) is 0 Å². The van der Waals surface area contributed by atoms with Crippen molar-refractivity contribution in [1.29, 1.82) is 0 Å². The number of halogens is 3. The van der Waals surface area contributed by atoms with Crippen LogP contribution < -0.4 is 10.6 Å². The fraction of sp³-hybridized carbons (Fsp3) is 0.583. The number of alkyl halides is 3. The van der Waals surface area contributed by atoms with Gasteiger partial charge in [0.15, 0.2) is 0 Å². The zero-order valence-electron chi connectivity index (χ0n) is 10.3. The molecule has 18 heavy (non-hydrogen) atoms. The summed E-state index contributed by atoms with van der Waals surface area (Å²) in [7, 11) is 0. The summed E-state index contributed by atoms with van der Waals surface area (Å²) in [4.78, 5) is 4.13. The van der Waals surface area contributed by atoms with Crippen LogP contribution in [0.1, 0.15) is 25.8 Å². The quantitative estimate of drug-likeness (QED) is 0.870. The summed E-state index contributed by atoms with van der Waals surface area (Å²) in [6.45, 7) is 4.40. The molecule has 100 valence electrons. The first kappa shape index (κ1) is 13.0. The third kappa shape index (κ3) is 3.05. The van der Waals surface area contributed by atoms with Gasteiger partial charge >= 0.3 is 6.18 Å². The lowest BCUT2D eigenvalue weighted by molar-refractivity contribution is -0.137. The fourth-order valence-electron chi connectivity index (χ4n) is 1.75. The van der Waals surface area contributed by atoms with Crippen LogP contribution in [0.2, 0.25) is 0 Å². The zero-order valence-corrected chi connectivity index (χ0v) is 10.3. The van der Waals surface area contributed by atoms with Crippen molar-refractivity contribution in [1.82, 2.24) is 4.98 Å². The maximum Gasteiger partial charge on any atom is 0.416 e. The van der Waals surface area contributed by atoms with Gasteiger partial charge in [-0.25, -0.2) is 4.98 Å². The number of anilines is 2. The first-order chi connectivity index (χ1) is 8.40. The van der Waals surface area contributed by atoms with Crippen molar-refractivity contribution in [3.05, 3.63) is 17.7 Å². The van der Waals surface area contributed by atoms with Crippen LogP contribution in [0.4, 0.5) is 24.8 Å². The summed E-state index contributed by atoms with van der Waals surface area (Å²) in [5, 5.41) is 5.84. The van der Waals surface area contributed by atoms with Gasteiger partial charge in [0, 0.05) is 12.6 Å². The third-order valence-corrected chi connectivity index (χ3v) is 2.95. The maximum atomic E-state index is 12.7. The molecule has 1 aliphatic rings. The Balaban J connectivity index is 2.24. The van der Waals surface area contributed by atoms with Crippen molar-refractivity contribution >= 4 is 11.6 Å². The van der Waals surface area contributed by atoms with Gasteiger partial charge in [0.05, 0.1) is 5.56 Å². The second kappa shape index (κ2) is 4.66. The number of nitrogens with one attached hydrogen (secondary N) is 2. The molecule has 1 heterocycles. The zero-order chi connectivity index (χ0) is 13.3. The van der Waals surface area contributed by atoms with Gasteiger partial charge in [0.25, 0.3) is 0 Å². The van der Waals surface area contributed by atoms with Crippen molar-refractivity contribution < 1.29 is 13.2 Å². The predicted octanol–water partition coefficient (Wildman–Crippen LogP) is 3.35. The van der Waals surface area contributed by atoms with E-state index in [1.54, 1.807) is 0 Å². The molecule has 2 rings (SSSR count). The summed E-state index contributed by atoms with van der Waals surface area (Å²) in [6, 6.07) is 2.34. The number of nitrogens with zero attached hydrogens (tertiary/aromatic N) is 1. The Labute approximate surface area is 104 Å². The van der Waals surface area contributed by atoms with E-state index in [1.807, 2.05) is 6.92 Å². The summed E-state index contributed by atoms with van der Waals surface area (Å²) in [5.41, 5.74) is -0.677. The highest BCUT2D eigenvalue weighted by Gasteiger charge is 2.35. The summed E-state index contributed by atoms with van der Waals surface area (Å²) < 4.78 is 38.2. The molecule has 1 aromatic heterocycles. The van der Waals surface area contributed by atoms with E-state index in [2.05, 4.69) is 22.5 Å². The van der Waals surface area contributed by atoms with E-state index in [1.165, 1.54) is 0 Å². The highest BCUT2D eigenvalue weighted by Crippen LogP contribution is 2.35. The van der Waals surface area contributed by atoms with Crippen molar-refractivity contribution in [3.8, 4) is 0 Å². The molecule has 6 heteroatoms. The number of aromatic nitrogens is 1. The molecule has 0 aromatic carbocycles. The van der Waals surface area contributed by atoms with Crippen molar-refractivity contribution in [2.24, 2.45) is 5.92 Å². The fourth-order valence-corrected chi connectivity index (χ4v) is 1.75. The van der Waals surface area contributed by atoms with E-state index in [4.69, 9.17) is 0 Å². The van der Waals surface area contributed by atoms with E-state index in [0.717, 1.165) is 18.6 Å². The number of hydrogen-bond acceptors (Lipinski definition) is 3. The predicted molar refractivity (Wildman–Crippen MR) is 64.6 cm³/mol. The summed E-state index contributed by atoms with van der Waals surface area (Å²) >= 11 is 0. The van der Waals surface area contributed by atoms with Crippen molar-refractivity contribution in [2.45, 2.75) is 32.5 Å². The molecule has 1 aliphatic carbocycles. The smallest absolute Gasteiger partial charge is 0.370 e. The Hall–Kier alpha value is -1.46. The molecule has 0 radical (unpaired) electrons. The molecule has 0 aliphatic heterocycles. The molecule has 1 saturated carbocycles. The van der Waals surface area contributed by atoms with Gasteiger partial charge in [-0.1, -0.05) is 6.92 Å². The topological polar surface area (TPSA) is 37.0 Å². The van der Waals surface area contributed by atoms with Gasteiger partial charge in [-0.15, -0.1) is 0 Å². The average Bonchev–Trinajstić information content (AvgIpc) is 2.93.